The largest absolute Gasteiger partial charge is 1.00 e. The minimum Gasteiger partial charge on any atom is -0.550 e. The van der Waals surface area contributed by atoms with Crippen LogP contribution in [0.15, 0.2) is 12.2 Å². The zero-order valence-corrected chi connectivity index (χ0v) is 41.6. The first-order chi connectivity index (χ1) is 28.2. The molecule has 4 saturated heterocycles. The molecule has 2 spiro atoms. The van der Waals surface area contributed by atoms with Gasteiger partial charge in [0, 0.05) is 54.4 Å². The van der Waals surface area contributed by atoms with Crippen LogP contribution in [0, 0.1) is 41.4 Å². The Labute approximate surface area is 392 Å². The summed E-state index contributed by atoms with van der Waals surface area (Å²) < 4.78 is 34.4. The topological polar surface area (TPSA) is 185 Å². The normalized spacial score (nSPS) is 41.3. The third-order valence-electron chi connectivity index (χ3n) is 15.3. The summed E-state index contributed by atoms with van der Waals surface area (Å²) in [5.41, 5.74) is -1.72. The van der Waals surface area contributed by atoms with Crippen molar-refractivity contribution in [3.05, 3.63) is 12.2 Å². The molecule has 0 unspecified atom stereocenters. The molecular weight excluding hydrogens is 815 g/mol. The van der Waals surface area contributed by atoms with Crippen molar-refractivity contribution in [2.24, 2.45) is 41.4 Å². The van der Waals surface area contributed by atoms with E-state index in [9.17, 15) is 29.7 Å². The number of hydrogen-bond acceptors (Lipinski definition) is 11. The Morgan fingerprint density at radius 1 is 0.934 bits per heavy atom. The van der Waals surface area contributed by atoms with Gasteiger partial charge in [-0.2, -0.15) is 0 Å². The Bertz CT molecular complexity index is 1530. The number of carbonyl (C=O) groups excluding carboxylic acids is 3. The predicted molar refractivity (Wildman–Crippen MR) is 226 cm³/mol. The number of aliphatic carboxylic acids is 1. The average Bonchev–Trinajstić information content (AvgIpc) is 3.55. The molecule has 344 valence electrons. The van der Waals surface area contributed by atoms with Crippen molar-refractivity contribution in [3.63, 3.8) is 0 Å². The first-order valence-corrected chi connectivity index (χ1v) is 23.6. The number of aliphatic hydroxyl groups excluding tert-OH is 1. The number of ketones is 1. The van der Waals surface area contributed by atoms with Gasteiger partial charge in [-0.3, -0.25) is 4.79 Å². The molecule has 0 bridgehead atoms. The third kappa shape index (κ3) is 11.1. The molecule has 0 aromatic rings. The van der Waals surface area contributed by atoms with Gasteiger partial charge >= 0.3 is 35.6 Å². The first kappa shape index (κ1) is 52.8. The fourth-order valence-corrected chi connectivity index (χ4v) is 11.2. The van der Waals surface area contributed by atoms with Crippen molar-refractivity contribution in [1.82, 2.24) is 10.6 Å². The summed E-state index contributed by atoms with van der Waals surface area (Å²) in [4.78, 5) is 39.8. The predicted octanol–water partition coefficient (Wildman–Crippen LogP) is 2.79. The number of urea groups is 1. The van der Waals surface area contributed by atoms with Gasteiger partial charge in [0.25, 0.3) is 0 Å². The maximum atomic E-state index is 14.6. The van der Waals surface area contributed by atoms with E-state index >= 15 is 0 Å². The molecule has 0 radical (unpaired) electrons. The van der Waals surface area contributed by atoms with Gasteiger partial charge in [0.1, 0.15) is 11.8 Å². The van der Waals surface area contributed by atoms with Crippen molar-refractivity contribution in [2.45, 2.75) is 205 Å². The van der Waals surface area contributed by atoms with E-state index in [0.29, 0.717) is 76.6 Å². The van der Waals surface area contributed by atoms with Crippen LogP contribution in [0.25, 0.3) is 0 Å². The molecule has 0 saturated carbocycles. The van der Waals surface area contributed by atoms with Gasteiger partial charge in [-0.05, 0) is 96.0 Å². The van der Waals surface area contributed by atoms with Crippen molar-refractivity contribution in [2.75, 3.05) is 12.4 Å². The molecule has 0 aromatic heterocycles. The maximum absolute atomic E-state index is 14.6. The Morgan fingerprint density at radius 3 is 2.23 bits per heavy atom. The molecule has 2 amide bonds. The summed E-state index contributed by atoms with van der Waals surface area (Å²) in [7, 11) is 0. The molecular formula is C46H76ClN2NaO11. The third-order valence-corrected chi connectivity index (χ3v) is 15.6. The van der Waals surface area contributed by atoms with Gasteiger partial charge in [0.2, 0.25) is 0 Å². The van der Waals surface area contributed by atoms with Gasteiger partial charge in [0.15, 0.2) is 11.6 Å². The molecule has 5 aliphatic heterocycles. The van der Waals surface area contributed by atoms with Crippen LogP contribution in [0.2, 0.25) is 0 Å². The molecule has 13 nitrogen and oxygen atoms in total. The number of hydrogen-bond donors (Lipinski definition) is 4. The molecule has 4 fully saturated rings. The molecule has 0 aliphatic carbocycles. The quantitative estimate of drug-likeness (QED) is 0.0774. The van der Waals surface area contributed by atoms with Crippen LogP contribution in [-0.2, 0) is 33.3 Å². The zero-order chi connectivity index (χ0) is 44.4. The minimum absolute atomic E-state index is 0. The number of rotatable bonds is 16. The summed E-state index contributed by atoms with van der Waals surface area (Å²) in [6, 6.07) is -1.07. The summed E-state index contributed by atoms with van der Waals surface area (Å²) in [6.07, 6.45) is 6.80. The number of carboxylic acids is 1. The summed E-state index contributed by atoms with van der Waals surface area (Å²) in [6.45, 7) is 19.9. The average molecular weight is 892 g/mol. The molecule has 4 N–H and O–H groups in total. The molecule has 0 aromatic carbocycles. The number of halogens is 1. The molecule has 5 rings (SSSR count). The zero-order valence-electron chi connectivity index (χ0n) is 38.9. The van der Waals surface area contributed by atoms with Gasteiger partial charge in [-0.15, -0.1) is 11.6 Å². The summed E-state index contributed by atoms with van der Waals surface area (Å²) in [5.74, 6) is -6.06. The van der Waals surface area contributed by atoms with E-state index in [1.165, 1.54) is 0 Å². The minimum atomic E-state index is -1.34. The van der Waals surface area contributed by atoms with Crippen LogP contribution in [0.4, 0.5) is 4.79 Å². The van der Waals surface area contributed by atoms with Crippen molar-refractivity contribution in [3.8, 4) is 0 Å². The Morgan fingerprint density at radius 2 is 1.62 bits per heavy atom. The van der Waals surface area contributed by atoms with Crippen LogP contribution < -0.4 is 45.3 Å². The number of alkyl halides is 1. The molecule has 18 atom stereocenters. The van der Waals surface area contributed by atoms with Gasteiger partial charge < -0.3 is 54.4 Å². The standard InChI is InChI=1S/C46H77ClN2O11.Na/c1-11-32(41(52)53)34-16-15-26(4)39(57-34)30(8)37(50)29(7)38(51)33(12-2)40-27(5)25-28(6)45(58-40)20-17-35(49-42(54)48-24-14-23-47)46(60-45)22-21-43(10,59-46)36-18-19-44(55,13-3)31(9)56-36;/h17,20,26-37,39-40,50,55H,11-16,18-19,21-25H2,1-10H3,(H,52,53)(H2,48,49,54);/q;+1/p-1/t26-,27-,28+,29-,30-,31-,32+,33-,34+,35+,36+,37+,39+,40-,43-,44+,45-,46-;/m0./s1. The van der Waals surface area contributed by atoms with Crippen LogP contribution in [0.5, 0.6) is 0 Å². The fraction of sp³-hybridized carbons (Fsp3) is 0.891. The van der Waals surface area contributed by atoms with Gasteiger partial charge in [-0.25, -0.2) is 4.79 Å². The monoisotopic (exact) mass is 891 g/mol. The molecule has 5 aliphatic rings. The van der Waals surface area contributed by atoms with Crippen molar-refractivity contribution < 1.29 is 82.9 Å². The number of aliphatic hydroxyl groups is 2. The second-order valence-corrected chi connectivity index (χ2v) is 19.7. The second-order valence-electron chi connectivity index (χ2n) is 19.4. The molecule has 15 heteroatoms. The number of ether oxygens (including phenoxy) is 5. The van der Waals surface area contributed by atoms with Crippen LogP contribution in [0.3, 0.4) is 0 Å². The Balaban J connectivity index is 0.00000819. The molecule has 5 heterocycles. The van der Waals surface area contributed by atoms with Crippen molar-refractivity contribution >= 4 is 29.4 Å². The van der Waals surface area contributed by atoms with E-state index in [1.807, 2.05) is 60.6 Å². The first-order valence-electron chi connectivity index (χ1n) is 23.1. The number of amides is 2. The maximum Gasteiger partial charge on any atom is 1.00 e. The fourth-order valence-electron chi connectivity index (χ4n) is 11.1. The van der Waals surface area contributed by atoms with Crippen LogP contribution in [0.1, 0.15) is 140 Å². The van der Waals surface area contributed by atoms with E-state index in [4.69, 9.17) is 35.3 Å². The number of Topliss-reactive ketones (excluding diaryl/α,β-unsaturated/α-hetero) is 1. The van der Waals surface area contributed by atoms with E-state index in [-0.39, 0.29) is 65.2 Å². The molecule has 61 heavy (non-hydrogen) atoms. The Hall–Kier alpha value is -0.840. The number of carbonyl (C=O) groups is 3. The second kappa shape index (κ2) is 21.6. The smallest absolute Gasteiger partial charge is 0.550 e. The van der Waals surface area contributed by atoms with Gasteiger partial charge in [-0.1, -0.05) is 61.5 Å². The van der Waals surface area contributed by atoms with Crippen LogP contribution >= 0.6 is 11.6 Å². The van der Waals surface area contributed by atoms with E-state index in [2.05, 4.69) is 24.5 Å². The number of nitrogens with one attached hydrogen (secondary N) is 2. The van der Waals surface area contributed by atoms with Crippen molar-refractivity contribution in [1.29, 1.82) is 0 Å². The number of carboxylic acid groups (broad SMARTS) is 1. The van der Waals surface area contributed by atoms with E-state index in [0.717, 1.165) is 6.42 Å². The van der Waals surface area contributed by atoms with Crippen LogP contribution in [-0.4, -0.2) is 106 Å². The van der Waals surface area contributed by atoms with Gasteiger partial charge in [0.05, 0.1) is 47.8 Å². The summed E-state index contributed by atoms with van der Waals surface area (Å²) >= 11 is 5.88. The van der Waals surface area contributed by atoms with E-state index in [1.54, 1.807) is 6.92 Å². The van der Waals surface area contributed by atoms with E-state index < -0.39 is 89.0 Å². The SMILES string of the molecule is CC[C@@H](C(=O)[C@@H](C)[C@@H](O)[C@H](C)[C@@H]1O[C@@H]([C@@H](CC)C(=O)[O-])CC[C@@H]1C)[C@H]1O[C@]2(C=C[C@@H](NC(=O)NCCCCl)[C@]3(CC[C@@](C)([C@H]4CC[C@](O)(CC)[C@H](C)O4)O3)O2)[C@H](C)C[C@@H]1C.[Na+]. The summed E-state index contributed by atoms with van der Waals surface area (Å²) in [5, 5.41) is 40.9. The Kier molecular flexibility index (Phi) is 18.7.